The zero-order valence-electron chi connectivity index (χ0n) is 16.7. The summed E-state index contributed by atoms with van der Waals surface area (Å²) in [4.78, 5) is 23.1. The molecule has 0 saturated carbocycles. The Balaban J connectivity index is 1.94. The summed E-state index contributed by atoms with van der Waals surface area (Å²) < 4.78 is 2.02. The van der Waals surface area contributed by atoms with E-state index < -0.39 is 0 Å². The van der Waals surface area contributed by atoms with E-state index >= 15 is 0 Å². The third kappa shape index (κ3) is 3.51. The third-order valence-corrected chi connectivity index (χ3v) is 6.92. The first-order chi connectivity index (χ1) is 13.5. The number of aryl methyl sites for hydroxylation is 2. The van der Waals surface area contributed by atoms with Crippen molar-refractivity contribution in [2.45, 2.75) is 45.6 Å². The van der Waals surface area contributed by atoms with E-state index in [0.29, 0.717) is 5.02 Å². The quantitative estimate of drug-likeness (QED) is 0.579. The SMILES string of the molecule is CCCc1nc2sc(C)c(-c3ccc(Cl)cc3)c2c(=O)n1C1CCN(C)CC1. The van der Waals surface area contributed by atoms with Gasteiger partial charge in [0.1, 0.15) is 10.7 Å². The summed E-state index contributed by atoms with van der Waals surface area (Å²) in [7, 11) is 2.15. The summed E-state index contributed by atoms with van der Waals surface area (Å²) in [5.74, 6) is 0.943. The number of halogens is 1. The van der Waals surface area contributed by atoms with E-state index in [4.69, 9.17) is 16.6 Å². The second-order valence-electron chi connectivity index (χ2n) is 7.71. The first kappa shape index (κ1) is 19.6. The van der Waals surface area contributed by atoms with Crippen LogP contribution >= 0.6 is 22.9 Å². The van der Waals surface area contributed by atoms with Crippen molar-refractivity contribution in [3.05, 3.63) is 50.3 Å². The number of benzene rings is 1. The van der Waals surface area contributed by atoms with Crippen molar-refractivity contribution in [1.82, 2.24) is 14.5 Å². The van der Waals surface area contributed by atoms with Crippen LogP contribution in [0.15, 0.2) is 29.1 Å². The van der Waals surface area contributed by atoms with E-state index in [1.165, 1.54) is 0 Å². The largest absolute Gasteiger partial charge is 0.306 e. The minimum atomic E-state index is 0.123. The van der Waals surface area contributed by atoms with E-state index in [2.05, 4.69) is 25.8 Å². The normalized spacial score (nSPS) is 16.1. The van der Waals surface area contributed by atoms with Gasteiger partial charge in [-0.2, -0.15) is 0 Å². The van der Waals surface area contributed by atoms with Crippen LogP contribution in [0.5, 0.6) is 0 Å². The highest BCUT2D eigenvalue weighted by Crippen LogP contribution is 2.37. The molecule has 0 unspecified atom stereocenters. The highest BCUT2D eigenvalue weighted by molar-refractivity contribution is 7.19. The maximum atomic E-state index is 13.8. The predicted octanol–water partition coefficient (Wildman–Crippen LogP) is 5.31. The highest BCUT2D eigenvalue weighted by Gasteiger charge is 2.25. The molecule has 1 aliphatic rings. The average molecular weight is 416 g/mol. The molecule has 1 fully saturated rings. The van der Waals surface area contributed by atoms with Crippen LogP contribution in [0.3, 0.4) is 0 Å². The maximum absolute atomic E-state index is 13.8. The first-order valence-electron chi connectivity index (χ1n) is 9.98. The van der Waals surface area contributed by atoms with E-state index in [9.17, 15) is 4.79 Å². The van der Waals surface area contributed by atoms with Crippen molar-refractivity contribution in [2.75, 3.05) is 20.1 Å². The smallest absolute Gasteiger partial charge is 0.263 e. The van der Waals surface area contributed by atoms with Crippen LogP contribution in [0.4, 0.5) is 0 Å². The average Bonchev–Trinajstić information content (AvgIpc) is 3.00. The van der Waals surface area contributed by atoms with Crippen LogP contribution in [-0.2, 0) is 6.42 Å². The van der Waals surface area contributed by atoms with Gasteiger partial charge in [-0.05, 0) is 64.0 Å². The zero-order chi connectivity index (χ0) is 19.8. The molecule has 2 aromatic heterocycles. The van der Waals surface area contributed by atoms with Crippen molar-refractivity contribution in [3.63, 3.8) is 0 Å². The fraction of sp³-hybridized carbons (Fsp3) is 0.455. The van der Waals surface area contributed by atoms with Gasteiger partial charge in [-0.3, -0.25) is 9.36 Å². The second kappa shape index (κ2) is 7.97. The van der Waals surface area contributed by atoms with Gasteiger partial charge < -0.3 is 4.90 Å². The van der Waals surface area contributed by atoms with Gasteiger partial charge in [0.2, 0.25) is 0 Å². The molecule has 0 radical (unpaired) electrons. The van der Waals surface area contributed by atoms with E-state index in [-0.39, 0.29) is 11.6 Å². The van der Waals surface area contributed by atoms with E-state index in [1.807, 2.05) is 28.8 Å². The molecule has 3 heterocycles. The van der Waals surface area contributed by atoms with Crippen LogP contribution < -0.4 is 5.56 Å². The van der Waals surface area contributed by atoms with Gasteiger partial charge in [0.05, 0.1) is 5.39 Å². The molecule has 1 aromatic carbocycles. The molecule has 0 amide bonds. The molecule has 1 aliphatic heterocycles. The molecule has 0 aliphatic carbocycles. The number of fused-ring (bicyclic) bond motifs is 1. The minimum absolute atomic E-state index is 0.123. The van der Waals surface area contributed by atoms with Crippen LogP contribution in [0.1, 0.15) is 42.9 Å². The standard InChI is InChI=1S/C22H26ClN3OS/c1-4-5-18-24-21-20(22(27)26(18)17-10-12-25(3)13-11-17)19(14(2)28-21)15-6-8-16(23)9-7-15/h6-9,17H,4-5,10-13H2,1-3H3. The van der Waals surface area contributed by atoms with Gasteiger partial charge in [0, 0.05) is 27.9 Å². The van der Waals surface area contributed by atoms with Gasteiger partial charge in [-0.15, -0.1) is 11.3 Å². The van der Waals surface area contributed by atoms with Gasteiger partial charge in [0.25, 0.3) is 5.56 Å². The summed E-state index contributed by atoms with van der Waals surface area (Å²) in [5, 5.41) is 1.47. The summed E-state index contributed by atoms with van der Waals surface area (Å²) in [6.45, 7) is 6.27. The van der Waals surface area contributed by atoms with Crippen LogP contribution in [0, 0.1) is 6.92 Å². The lowest BCUT2D eigenvalue weighted by atomic mass is 10.0. The molecule has 4 rings (SSSR count). The molecule has 3 aromatic rings. The molecule has 6 heteroatoms. The molecule has 0 spiro atoms. The van der Waals surface area contributed by atoms with Gasteiger partial charge in [-0.25, -0.2) is 4.98 Å². The number of thiophene rings is 1. The van der Waals surface area contributed by atoms with Crippen molar-refractivity contribution in [2.24, 2.45) is 0 Å². The third-order valence-electron chi connectivity index (χ3n) is 5.67. The Morgan fingerprint density at radius 1 is 1.21 bits per heavy atom. The molecule has 0 atom stereocenters. The summed E-state index contributed by atoms with van der Waals surface area (Å²) in [6, 6.07) is 8.00. The number of rotatable bonds is 4. The van der Waals surface area contributed by atoms with Crippen molar-refractivity contribution in [3.8, 4) is 11.1 Å². The Morgan fingerprint density at radius 2 is 1.89 bits per heavy atom. The number of likely N-dealkylation sites (tertiary alicyclic amines) is 1. The Bertz CT molecular complexity index is 1050. The number of hydrogen-bond acceptors (Lipinski definition) is 4. The molecular formula is C22H26ClN3OS. The predicted molar refractivity (Wildman–Crippen MR) is 119 cm³/mol. The number of piperidine rings is 1. The van der Waals surface area contributed by atoms with Gasteiger partial charge in [0.15, 0.2) is 0 Å². The Hall–Kier alpha value is -1.69. The van der Waals surface area contributed by atoms with Crippen molar-refractivity contribution >= 4 is 33.2 Å². The monoisotopic (exact) mass is 415 g/mol. The minimum Gasteiger partial charge on any atom is -0.306 e. The topological polar surface area (TPSA) is 38.1 Å². The van der Waals surface area contributed by atoms with Crippen molar-refractivity contribution < 1.29 is 0 Å². The van der Waals surface area contributed by atoms with Crippen LogP contribution in [0.25, 0.3) is 21.3 Å². The number of hydrogen-bond donors (Lipinski definition) is 0. The van der Waals surface area contributed by atoms with Gasteiger partial charge >= 0.3 is 0 Å². The van der Waals surface area contributed by atoms with E-state index in [1.54, 1.807) is 11.3 Å². The first-order valence-corrected chi connectivity index (χ1v) is 11.2. The number of nitrogens with zero attached hydrogens (tertiary/aromatic N) is 3. The summed E-state index contributed by atoms with van der Waals surface area (Å²) in [6.07, 6.45) is 3.82. The summed E-state index contributed by atoms with van der Waals surface area (Å²) in [5.41, 5.74) is 2.17. The lowest BCUT2D eigenvalue weighted by Gasteiger charge is -2.31. The molecule has 0 N–H and O–H groups in total. The Kier molecular flexibility index (Phi) is 5.59. The Morgan fingerprint density at radius 3 is 2.54 bits per heavy atom. The summed E-state index contributed by atoms with van der Waals surface area (Å²) >= 11 is 7.70. The van der Waals surface area contributed by atoms with Gasteiger partial charge in [-0.1, -0.05) is 30.7 Å². The second-order valence-corrected chi connectivity index (χ2v) is 9.35. The zero-order valence-corrected chi connectivity index (χ0v) is 18.2. The lowest BCUT2D eigenvalue weighted by molar-refractivity contribution is 0.215. The van der Waals surface area contributed by atoms with Crippen LogP contribution in [-0.4, -0.2) is 34.6 Å². The molecule has 148 valence electrons. The molecular weight excluding hydrogens is 390 g/mol. The fourth-order valence-corrected chi connectivity index (χ4v) is 5.39. The Labute approximate surface area is 174 Å². The highest BCUT2D eigenvalue weighted by atomic mass is 35.5. The van der Waals surface area contributed by atoms with Crippen molar-refractivity contribution in [1.29, 1.82) is 0 Å². The lowest BCUT2D eigenvalue weighted by Crippen LogP contribution is -2.37. The molecule has 4 nitrogen and oxygen atoms in total. The van der Waals surface area contributed by atoms with Crippen LogP contribution in [0.2, 0.25) is 5.02 Å². The number of aromatic nitrogens is 2. The van der Waals surface area contributed by atoms with E-state index in [0.717, 1.165) is 70.8 Å². The molecule has 28 heavy (non-hydrogen) atoms. The fourth-order valence-electron chi connectivity index (χ4n) is 4.21. The molecule has 0 bridgehead atoms. The maximum Gasteiger partial charge on any atom is 0.263 e. The molecule has 1 saturated heterocycles.